The standard InChI is InChI=1S/C19H19BrN2O2S/c1-13(11-24-2)22-18(23)16-5-3-4-6-17(16)21-19(22)25-12-14-7-9-15(20)10-8-14/h3-10,13H,11-12H2,1-2H3/t13-/m0/s1. The van der Waals surface area contributed by atoms with E-state index in [0.717, 1.165) is 20.9 Å². The van der Waals surface area contributed by atoms with Crippen LogP contribution in [0.2, 0.25) is 0 Å². The number of nitrogens with zero attached hydrogens (tertiary/aromatic N) is 2. The first-order valence-electron chi connectivity index (χ1n) is 7.97. The molecule has 2 aromatic carbocycles. The van der Waals surface area contributed by atoms with E-state index >= 15 is 0 Å². The van der Waals surface area contributed by atoms with Gasteiger partial charge in [0.25, 0.3) is 5.56 Å². The summed E-state index contributed by atoms with van der Waals surface area (Å²) < 4.78 is 8.05. The molecule has 4 nitrogen and oxygen atoms in total. The number of hydrogen-bond donors (Lipinski definition) is 0. The predicted octanol–water partition coefficient (Wildman–Crippen LogP) is 4.66. The molecule has 0 saturated carbocycles. The normalized spacial score (nSPS) is 12.4. The van der Waals surface area contributed by atoms with Crippen LogP contribution < -0.4 is 5.56 Å². The first kappa shape index (κ1) is 18.2. The van der Waals surface area contributed by atoms with Gasteiger partial charge in [0.15, 0.2) is 5.16 Å². The molecular weight excluding hydrogens is 400 g/mol. The Balaban J connectivity index is 2.00. The van der Waals surface area contributed by atoms with E-state index in [1.54, 1.807) is 23.4 Å². The van der Waals surface area contributed by atoms with E-state index in [-0.39, 0.29) is 11.6 Å². The number of rotatable bonds is 6. The van der Waals surface area contributed by atoms with E-state index < -0.39 is 0 Å². The van der Waals surface area contributed by atoms with Crippen molar-refractivity contribution in [3.63, 3.8) is 0 Å². The molecule has 0 aliphatic rings. The molecule has 25 heavy (non-hydrogen) atoms. The van der Waals surface area contributed by atoms with Crippen LogP contribution in [0, 0.1) is 0 Å². The molecule has 1 aromatic heterocycles. The van der Waals surface area contributed by atoms with Crippen molar-refractivity contribution >= 4 is 38.6 Å². The zero-order chi connectivity index (χ0) is 17.8. The summed E-state index contributed by atoms with van der Waals surface area (Å²) in [5.41, 5.74) is 1.89. The molecule has 3 aromatic rings. The van der Waals surface area contributed by atoms with E-state index in [9.17, 15) is 4.79 Å². The molecular formula is C19H19BrN2O2S. The van der Waals surface area contributed by atoms with E-state index in [1.165, 1.54) is 5.56 Å². The maximum Gasteiger partial charge on any atom is 0.262 e. The summed E-state index contributed by atoms with van der Waals surface area (Å²) >= 11 is 5.02. The second-order valence-corrected chi connectivity index (χ2v) is 7.66. The van der Waals surface area contributed by atoms with Gasteiger partial charge in [-0.1, -0.05) is 52.0 Å². The van der Waals surface area contributed by atoms with Crippen LogP contribution in [0.4, 0.5) is 0 Å². The minimum Gasteiger partial charge on any atom is -0.383 e. The molecule has 0 spiro atoms. The summed E-state index contributed by atoms with van der Waals surface area (Å²) in [6.45, 7) is 2.44. The predicted molar refractivity (Wildman–Crippen MR) is 106 cm³/mol. The van der Waals surface area contributed by atoms with Gasteiger partial charge in [-0.3, -0.25) is 9.36 Å². The molecule has 0 aliphatic carbocycles. The van der Waals surface area contributed by atoms with Crippen LogP contribution in [0.5, 0.6) is 0 Å². The van der Waals surface area contributed by atoms with Gasteiger partial charge in [-0.15, -0.1) is 0 Å². The molecule has 130 valence electrons. The topological polar surface area (TPSA) is 44.1 Å². The lowest BCUT2D eigenvalue weighted by Gasteiger charge is -2.19. The van der Waals surface area contributed by atoms with Gasteiger partial charge < -0.3 is 4.74 Å². The number of aromatic nitrogens is 2. The Morgan fingerprint density at radius 3 is 2.64 bits per heavy atom. The number of methoxy groups -OCH3 is 1. The van der Waals surface area contributed by atoms with Crippen molar-refractivity contribution in [1.82, 2.24) is 9.55 Å². The highest BCUT2D eigenvalue weighted by Crippen LogP contribution is 2.25. The van der Waals surface area contributed by atoms with Gasteiger partial charge in [-0.05, 0) is 36.8 Å². The van der Waals surface area contributed by atoms with Crippen molar-refractivity contribution in [3.05, 3.63) is 68.9 Å². The first-order chi connectivity index (χ1) is 12.1. The summed E-state index contributed by atoms with van der Waals surface area (Å²) in [5, 5.41) is 1.36. The van der Waals surface area contributed by atoms with E-state index in [0.29, 0.717) is 12.0 Å². The highest BCUT2D eigenvalue weighted by molar-refractivity contribution is 9.10. The maximum atomic E-state index is 13.0. The van der Waals surface area contributed by atoms with Gasteiger partial charge in [0.05, 0.1) is 23.6 Å². The average Bonchev–Trinajstić information content (AvgIpc) is 2.61. The summed E-state index contributed by atoms with van der Waals surface area (Å²) in [7, 11) is 1.64. The molecule has 0 aliphatic heterocycles. The number of halogens is 1. The smallest absolute Gasteiger partial charge is 0.262 e. The van der Waals surface area contributed by atoms with Crippen LogP contribution >= 0.6 is 27.7 Å². The lowest BCUT2D eigenvalue weighted by Crippen LogP contribution is -2.28. The van der Waals surface area contributed by atoms with Crippen LogP contribution in [-0.4, -0.2) is 23.3 Å². The summed E-state index contributed by atoms with van der Waals surface area (Å²) in [4.78, 5) is 17.7. The van der Waals surface area contributed by atoms with Crippen molar-refractivity contribution in [2.75, 3.05) is 13.7 Å². The lowest BCUT2D eigenvalue weighted by atomic mass is 10.2. The van der Waals surface area contributed by atoms with Gasteiger partial charge in [0.2, 0.25) is 0 Å². The summed E-state index contributed by atoms with van der Waals surface area (Å²) in [5.74, 6) is 0.748. The second-order valence-electron chi connectivity index (χ2n) is 5.81. The fourth-order valence-corrected chi connectivity index (χ4v) is 3.98. The van der Waals surface area contributed by atoms with E-state index in [4.69, 9.17) is 9.72 Å². The molecule has 0 bridgehead atoms. The highest BCUT2D eigenvalue weighted by atomic mass is 79.9. The van der Waals surface area contributed by atoms with E-state index in [2.05, 4.69) is 28.1 Å². The molecule has 3 rings (SSSR count). The monoisotopic (exact) mass is 418 g/mol. The third-order valence-corrected chi connectivity index (χ3v) is 5.46. The van der Waals surface area contributed by atoms with Crippen LogP contribution in [0.25, 0.3) is 10.9 Å². The van der Waals surface area contributed by atoms with Gasteiger partial charge in [-0.2, -0.15) is 0 Å². The number of benzene rings is 2. The Bertz CT molecular complexity index is 925. The Hall–Kier alpha value is -1.63. The minimum atomic E-state index is -0.0815. The molecule has 1 atom stereocenters. The summed E-state index contributed by atoms with van der Waals surface area (Å²) in [6.07, 6.45) is 0. The SMILES string of the molecule is COC[C@H](C)n1c(SCc2ccc(Br)cc2)nc2ccccc2c1=O. The number of fused-ring (bicyclic) bond motifs is 1. The Kier molecular flexibility index (Phi) is 5.93. The van der Waals surface area contributed by atoms with Crippen LogP contribution in [0.15, 0.2) is 63.0 Å². The number of hydrogen-bond acceptors (Lipinski definition) is 4. The van der Waals surface area contributed by atoms with Crippen molar-refractivity contribution < 1.29 is 4.74 Å². The third-order valence-electron chi connectivity index (χ3n) is 3.91. The largest absolute Gasteiger partial charge is 0.383 e. The molecule has 0 N–H and O–H groups in total. The number of ether oxygens (including phenoxy) is 1. The zero-order valence-electron chi connectivity index (χ0n) is 14.1. The van der Waals surface area contributed by atoms with Crippen LogP contribution in [0.3, 0.4) is 0 Å². The van der Waals surface area contributed by atoms with Crippen molar-refractivity contribution in [2.45, 2.75) is 23.9 Å². The van der Waals surface area contributed by atoms with Crippen molar-refractivity contribution in [3.8, 4) is 0 Å². The molecule has 0 fully saturated rings. The van der Waals surface area contributed by atoms with Crippen molar-refractivity contribution in [2.24, 2.45) is 0 Å². The van der Waals surface area contributed by atoms with Gasteiger partial charge in [-0.25, -0.2) is 4.98 Å². The molecule has 0 saturated heterocycles. The van der Waals surface area contributed by atoms with Crippen molar-refractivity contribution in [1.29, 1.82) is 0 Å². The van der Waals surface area contributed by atoms with Crippen LogP contribution in [0.1, 0.15) is 18.5 Å². The maximum absolute atomic E-state index is 13.0. The molecule has 1 heterocycles. The summed E-state index contributed by atoms with van der Waals surface area (Å²) in [6, 6.07) is 15.6. The molecule has 0 amide bonds. The third kappa shape index (κ3) is 4.14. The Morgan fingerprint density at radius 1 is 1.20 bits per heavy atom. The quantitative estimate of drug-likeness (QED) is 0.431. The first-order valence-corrected chi connectivity index (χ1v) is 9.75. The number of thioether (sulfide) groups is 1. The zero-order valence-corrected chi connectivity index (χ0v) is 16.5. The Morgan fingerprint density at radius 2 is 1.92 bits per heavy atom. The van der Waals surface area contributed by atoms with E-state index in [1.807, 2.05) is 43.3 Å². The fourth-order valence-electron chi connectivity index (χ4n) is 2.66. The fraction of sp³-hybridized carbons (Fsp3) is 0.263. The number of para-hydroxylation sites is 1. The molecule has 0 unspecified atom stereocenters. The average molecular weight is 419 g/mol. The van der Waals surface area contributed by atoms with Crippen LogP contribution in [-0.2, 0) is 10.5 Å². The lowest BCUT2D eigenvalue weighted by molar-refractivity contribution is 0.156. The molecule has 6 heteroatoms. The van der Waals surface area contributed by atoms with Gasteiger partial charge in [0, 0.05) is 17.3 Å². The van der Waals surface area contributed by atoms with Gasteiger partial charge in [0.1, 0.15) is 0 Å². The van der Waals surface area contributed by atoms with Gasteiger partial charge >= 0.3 is 0 Å². The highest BCUT2D eigenvalue weighted by Gasteiger charge is 2.16. The molecule has 0 radical (unpaired) electrons. The minimum absolute atomic E-state index is 0.0199. The Labute approximate surface area is 159 Å². The second kappa shape index (κ2) is 8.17.